The van der Waals surface area contributed by atoms with Gasteiger partial charge in [-0.25, -0.2) is 4.63 Å². The fraction of sp³-hybridized carbons (Fsp3) is 0.353. The summed E-state index contributed by atoms with van der Waals surface area (Å²) in [6.45, 7) is 1.32. The fourth-order valence-corrected chi connectivity index (χ4v) is 3.99. The van der Waals surface area contributed by atoms with Crippen LogP contribution in [-0.2, 0) is 11.3 Å². The van der Waals surface area contributed by atoms with Crippen LogP contribution >= 0.6 is 11.3 Å². The minimum absolute atomic E-state index is 0.0163. The van der Waals surface area contributed by atoms with E-state index in [1.165, 1.54) is 11.3 Å². The highest BCUT2D eigenvalue weighted by Gasteiger charge is 2.22. The smallest absolute Gasteiger partial charge is 0.263 e. The second-order valence-corrected chi connectivity index (χ2v) is 7.07. The molecule has 6 nitrogen and oxygen atoms in total. The summed E-state index contributed by atoms with van der Waals surface area (Å²) in [7, 11) is 1.80. The molecule has 124 valence electrons. The summed E-state index contributed by atoms with van der Waals surface area (Å²) in [5.74, 6) is 0.0163. The van der Waals surface area contributed by atoms with Crippen molar-refractivity contribution in [2.45, 2.75) is 25.5 Å². The van der Waals surface area contributed by atoms with E-state index in [1.807, 2.05) is 30.3 Å². The van der Waals surface area contributed by atoms with Gasteiger partial charge in [-0.05, 0) is 53.0 Å². The first-order chi connectivity index (χ1) is 11.7. The zero-order valence-electron chi connectivity index (χ0n) is 13.3. The molecule has 0 saturated carbocycles. The highest BCUT2D eigenvalue weighted by atomic mass is 32.1. The molecule has 0 radical (unpaired) electrons. The van der Waals surface area contributed by atoms with Gasteiger partial charge in [0.25, 0.3) is 5.91 Å². The van der Waals surface area contributed by atoms with E-state index >= 15 is 0 Å². The normalized spacial score (nSPS) is 17.5. The first kappa shape index (κ1) is 15.3. The number of ether oxygens (including phenoxy) is 1. The van der Waals surface area contributed by atoms with Crippen LogP contribution in [0.25, 0.3) is 11.0 Å². The van der Waals surface area contributed by atoms with Gasteiger partial charge in [0.2, 0.25) is 0 Å². The Balaban J connectivity index is 1.47. The maximum absolute atomic E-state index is 12.6. The van der Waals surface area contributed by atoms with Crippen LogP contribution < -0.4 is 0 Å². The minimum Gasteiger partial charge on any atom is -0.373 e. The Hall–Kier alpha value is -2.25. The van der Waals surface area contributed by atoms with Gasteiger partial charge in [-0.15, -0.1) is 11.3 Å². The predicted molar refractivity (Wildman–Crippen MR) is 89.8 cm³/mol. The van der Waals surface area contributed by atoms with E-state index in [2.05, 4.69) is 10.3 Å². The average molecular weight is 343 g/mol. The number of aromatic nitrogens is 2. The molecular formula is C17H17N3O3S. The number of carbonyl (C=O) groups excluding carboxylic acids is 1. The topological polar surface area (TPSA) is 68.5 Å². The van der Waals surface area contributed by atoms with Gasteiger partial charge < -0.3 is 9.64 Å². The summed E-state index contributed by atoms with van der Waals surface area (Å²) in [5, 5.41) is 7.62. The molecule has 1 fully saturated rings. The zero-order chi connectivity index (χ0) is 16.5. The summed E-state index contributed by atoms with van der Waals surface area (Å²) in [5.41, 5.74) is 2.40. The van der Waals surface area contributed by atoms with E-state index in [4.69, 9.17) is 9.37 Å². The molecule has 0 unspecified atom stereocenters. The van der Waals surface area contributed by atoms with Gasteiger partial charge in [0.1, 0.15) is 11.0 Å². The standard InChI is InChI=1S/C17H17N3O3S/c1-20(10-11-4-5-12-13(9-11)19-23-18-12)17(21)16-7-6-15(24-16)14-3-2-8-22-14/h4-7,9,14H,2-3,8,10H2,1H3/t14-/m1/s1. The molecule has 0 spiro atoms. The molecule has 24 heavy (non-hydrogen) atoms. The number of hydrogen-bond acceptors (Lipinski definition) is 6. The maximum Gasteiger partial charge on any atom is 0.263 e. The van der Waals surface area contributed by atoms with Crippen molar-refractivity contribution in [2.24, 2.45) is 0 Å². The fourth-order valence-electron chi connectivity index (χ4n) is 2.90. The van der Waals surface area contributed by atoms with Gasteiger partial charge in [0.15, 0.2) is 0 Å². The van der Waals surface area contributed by atoms with Gasteiger partial charge in [0, 0.05) is 25.1 Å². The lowest BCUT2D eigenvalue weighted by molar-refractivity contribution is 0.0790. The van der Waals surface area contributed by atoms with Crippen molar-refractivity contribution in [3.8, 4) is 0 Å². The molecule has 0 aliphatic carbocycles. The van der Waals surface area contributed by atoms with E-state index in [0.717, 1.165) is 34.8 Å². The molecule has 0 N–H and O–H groups in total. The molecule has 1 aliphatic heterocycles. The van der Waals surface area contributed by atoms with Crippen LogP contribution in [0.4, 0.5) is 0 Å². The Morgan fingerprint density at radius 1 is 1.29 bits per heavy atom. The number of nitrogens with zero attached hydrogens (tertiary/aromatic N) is 3. The molecule has 0 bridgehead atoms. The van der Waals surface area contributed by atoms with E-state index in [9.17, 15) is 4.79 Å². The first-order valence-corrected chi connectivity index (χ1v) is 8.70. The third-order valence-electron chi connectivity index (χ3n) is 4.17. The maximum atomic E-state index is 12.6. The summed E-state index contributed by atoms with van der Waals surface area (Å²) >= 11 is 1.53. The van der Waals surface area contributed by atoms with Crippen molar-refractivity contribution in [2.75, 3.05) is 13.7 Å². The van der Waals surface area contributed by atoms with Crippen LogP contribution in [0, 0.1) is 0 Å². The number of rotatable bonds is 4. The SMILES string of the molecule is CN(Cc1ccc2nonc2c1)C(=O)c1ccc([C@H]2CCCO2)s1. The number of hydrogen-bond donors (Lipinski definition) is 0. The van der Waals surface area contributed by atoms with E-state index in [0.29, 0.717) is 17.6 Å². The first-order valence-electron chi connectivity index (χ1n) is 7.89. The largest absolute Gasteiger partial charge is 0.373 e. The summed E-state index contributed by atoms with van der Waals surface area (Å²) in [6, 6.07) is 9.57. The number of benzene rings is 1. The zero-order valence-corrected chi connectivity index (χ0v) is 14.1. The quantitative estimate of drug-likeness (QED) is 0.726. The highest BCUT2D eigenvalue weighted by molar-refractivity contribution is 7.14. The molecule has 3 heterocycles. The third kappa shape index (κ3) is 2.92. The number of carbonyl (C=O) groups is 1. The summed E-state index contributed by atoms with van der Waals surface area (Å²) in [6.07, 6.45) is 2.28. The molecule has 2 aromatic heterocycles. The minimum atomic E-state index is 0.0163. The van der Waals surface area contributed by atoms with Crippen molar-refractivity contribution >= 4 is 28.3 Å². The molecule has 1 aliphatic rings. The molecule has 1 atom stereocenters. The van der Waals surface area contributed by atoms with E-state index < -0.39 is 0 Å². The molecular weight excluding hydrogens is 326 g/mol. The number of thiophene rings is 1. The Morgan fingerprint density at radius 2 is 2.17 bits per heavy atom. The highest BCUT2D eigenvalue weighted by Crippen LogP contribution is 2.33. The Morgan fingerprint density at radius 3 is 3.00 bits per heavy atom. The van der Waals surface area contributed by atoms with Gasteiger partial charge in [0.05, 0.1) is 11.0 Å². The van der Waals surface area contributed by atoms with Gasteiger partial charge in [-0.1, -0.05) is 6.07 Å². The summed E-state index contributed by atoms with van der Waals surface area (Å²) in [4.78, 5) is 16.2. The molecule has 1 amide bonds. The van der Waals surface area contributed by atoms with Gasteiger partial charge >= 0.3 is 0 Å². The number of amides is 1. The Labute approximate surface area is 143 Å². The molecule has 7 heteroatoms. The molecule has 1 saturated heterocycles. The Kier molecular flexibility index (Phi) is 4.03. The van der Waals surface area contributed by atoms with Gasteiger partial charge in [-0.2, -0.15) is 0 Å². The van der Waals surface area contributed by atoms with Crippen LogP contribution in [0.3, 0.4) is 0 Å². The van der Waals surface area contributed by atoms with Crippen molar-refractivity contribution < 1.29 is 14.2 Å². The van der Waals surface area contributed by atoms with Crippen molar-refractivity contribution in [3.63, 3.8) is 0 Å². The second kappa shape index (κ2) is 6.33. The van der Waals surface area contributed by atoms with Gasteiger partial charge in [-0.3, -0.25) is 4.79 Å². The van der Waals surface area contributed by atoms with Crippen LogP contribution in [0.1, 0.15) is 39.1 Å². The van der Waals surface area contributed by atoms with E-state index in [1.54, 1.807) is 11.9 Å². The molecule has 1 aromatic carbocycles. The lowest BCUT2D eigenvalue weighted by Gasteiger charge is -2.16. The second-order valence-electron chi connectivity index (χ2n) is 5.95. The lowest BCUT2D eigenvalue weighted by atomic mass is 10.2. The molecule has 4 rings (SSSR count). The van der Waals surface area contributed by atoms with Crippen LogP contribution in [0.2, 0.25) is 0 Å². The van der Waals surface area contributed by atoms with E-state index in [-0.39, 0.29) is 12.0 Å². The summed E-state index contributed by atoms with van der Waals surface area (Å²) < 4.78 is 10.4. The van der Waals surface area contributed by atoms with Crippen molar-refractivity contribution in [1.82, 2.24) is 15.2 Å². The number of fused-ring (bicyclic) bond motifs is 1. The van der Waals surface area contributed by atoms with Crippen molar-refractivity contribution in [3.05, 3.63) is 45.6 Å². The van der Waals surface area contributed by atoms with Crippen LogP contribution in [0.15, 0.2) is 35.0 Å². The lowest BCUT2D eigenvalue weighted by Crippen LogP contribution is -2.25. The van der Waals surface area contributed by atoms with Crippen LogP contribution in [-0.4, -0.2) is 34.8 Å². The Bertz CT molecular complexity index is 867. The predicted octanol–water partition coefficient (Wildman–Crippen LogP) is 3.41. The molecule has 3 aromatic rings. The average Bonchev–Trinajstić information content (AvgIpc) is 3.32. The monoisotopic (exact) mass is 343 g/mol. The third-order valence-corrected chi connectivity index (χ3v) is 5.33. The van der Waals surface area contributed by atoms with Crippen LogP contribution in [0.5, 0.6) is 0 Å². The van der Waals surface area contributed by atoms with Crippen molar-refractivity contribution in [1.29, 1.82) is 0 Å².